The molecular weight excluding hydrogens is 254 g/mol. The number of aromatic carboxylic acids is 1. The van der Waals surface area contributed by atoms with Gasteiger partial charge < -0.3 is 10.0 Å². The molecule has 2 atom stereocenters. The van der Waals surface area contributed by atoms with Crippen LogP contribution in [-0.2, 0) is 0 Å². The van der Waals surface area contributed by atoms with E-state index in [0.29, 0.717) is 17.4 Å². The van der Waals surface area contributed by atoms with Crippen LogP contribution in [0, 0.1) is 11.8 Å². The Kier molecular flexibility index (Phi) is 3.47. The molecular formula is C16H19NO3. The van der Waals surface area contributed by atoms with Gasteiger partial charge in [-0.1, -0.05) is 12.8 Å². The van der Waals surface area contributed by atoms with E-state index in [1.807, 2.05) is 4.90 Å². The lowest BCUT2D eigenvalue weighted by atomic mass is 9.82. The molecule has 0 radical (unpaired) electrons. The molecule has 0 aromatic heterocycles. The molecule has 1 aliphatic carbocycles. The highest BCUT2D eigenvalue weighted by Crippen LogP contribution is 2.36. The molecule has 1 aromatic carbocycles. The van der Waals surface area contributed by atoms with Crippen molar-refractivity contribution in [2.75, 3.05) is 13.1 Å². The number of hydrogen-bond acceptors (Lipinski definition) is 2. The Hall–Kier alpha value is -1.84. The van der Waals surface area contributed by atoms with E-state index < -0.39 is 5.97 Å². The second-order valence-electron chi connectivity index (χ2n) is 5.90. The third kappa shape index (κ3) is 2.42. The van der Waals surface area contributed by atoms with Crippen molar-refractivity contribution in [3.8, 4) is 0 Å². The zero-order valence-corrected chi connectivity index (χ0v) is 11.4. The zero-order valence-electron chi connectivity index (χ0n) is 11.4. The molecule has 1 N–H and O–H groups in total. The summed E-state index contributed by atoms with van der Waals surface area (Å²) < 4.78 is 0. The van der Waals surface area contributed by atoms with Gasteiger partial charge in [0.25, 0.3) is 5.91 Å². The minimum atomic E-state index is -0.962. The molecule has 1 aromatic rings. The van der Waals surface area contributed by atoms with Gasteiger partial charge in [-0.3, -0.25) is 4.79 Å². The van der Waals surface area contributed by atoms with Crippen molar-refractivity contribution in [3.05, 3.63) is 35.4 Å². The van der Waals surface area contributed by atoms with Crippen molar-refractivity contribution in [2.24, 2.45) is 11.8 Å². The first-order valence-electron chi connectivity index (χ1n) is 7.28. The van der Waals surface area contributed by atoms with Crippen LogP contribution in [0.25, 0.3) is 0 Å². The highest BCUT2D eigenvalue weighted by Gasteiger charge is 2.36. The molecule has 20 heavy (non-hydrogen) atoms. The first kappa shape index (κ1) is 13.2. The van der Waals surface area contributed by atoms with Crippen molar-refractivity contribution in [1.82, 2.24) is 4.90 Å². The molecule has 4 nitrogen and oxygen atoms in total. The van der Waals surface area contributed by atoms with Crippen molar-refractivity contribution in [2.45, 2.75) is 25.7 Å². The van der Waals surface area contributed by atoms with Gasteiger partial charge in [-0.2, -0.15) is 0 Å². The summed E-state index contributed by atoms with van der Waals surface area (Å²) in [6, 6.07) is 6.24. The van der Waals surface area contributed by atoms with Crippen molar-refractivity contribution >= 4 is 11.9 Å². The van der Waals surface area contributed by atoms with Gasteiger partial charge in [0.2, 0.25) is 0 Å². The van der Waals surface area contributed by atoms with E-state index >= 15 is 0 Å². The molecule has 1 heterocycles. The van der Waals surface area contributed by atoms with Crippen LogP contribution in [-0.4, -0.2) is 35.0 Å². The number of carboxylic acids is 1. The molecule has 2 fully saturated rings. The number of carbonyl (C=O) groups is 2. The Balaban J connectivity index is 1.71. The van der Waals surface area contributed by atoms with Gasteiger partial charge in [0.05, 0.1) is 5.56 Å². The quantitative estimate of drug-likeness (QED) is 0.901. The lowest BCUT2D eigenvalue weighted by molar-refractivity contribution is 0.0695. The number of likely N-dealkylation sites (tertiary alicyclic amines) is 1. The van der Waals surface area contributed by atoms with Gasteiger partial charge in [0.15, 0.2) is 0 Å². The Labute approximate surface area is 118 Å². The minimum absolute atomic E-state index is 0.0383. The average molecular weight is 273 g/mol. The lowest BCUT2D eigenvalue weighted by Crippen LogP contribution is -2.29. The Morgan fingerprint density at radius 3 is 1.95 bits per heavy atom. The summed E-state index contributed by atoms with van der Waals surface area (Å²) in [5.41, 5.74) is 0.810. The van der Waals surface area contributed by atoms with E-state index in [1.54, 1.807) is 12.1 Å². The lowest BCUT2D eigenvalue weighted by Gasteiger charge is -2.22. The van der Waals surface area contributed by atoms with Crippen LogP contribution in [0.4, 0.5) is 0 Å². The van der Waals surface area contributed by atoms with Crippen LogP contribution in [0.1, 0.15) is 46.4 Å². The maximum atomic E-state index is 12.4. The third-order valence-corrected chi connectivity index (χ3v) is 4.64. The van der Waals surface area contributed by atoms with Gasteiger partial charge in [0.1, 0.15) is 0 Å². The predicted octanol–water partition coefficient (Wildman–Crippen LogP) is 2.65. The summed E-state index contributed by atoms with van der Waals surface area (Å²) in [5.74, 6) is 0.421. The summed E-state index contributed by atoms with van der Waals surface area (Å²) in [7, 11) is 0. The largest absolute Gasteiger partial charge is 0.478 e. The number of fused-ring (bicyclic) bond motifs is 1. The topological polar surface area (TPSA) is 57.6 Å². The van der Waals surface area contributed by atoms with Crippen LogP contribution < -0.4 is 0 Å². The second kappa shape index (κ2) is 5.27. The standard InChI is InChI=1S/C16H19NO3/c18-15(11-5-7-12(8-6-11)16(19)20)17-9-13-3-1-2-4-14(13)10-17/h5-8,13-14H,1-4,9-10H2,(H,19,20)/t13-,14-/m0/s1. The maximum absolute atomic E-state index is 12.4. The van der Waals surface area contributed by atoms with Gasteiger partial charge in [-0.15, -0.1) is 0 Å². The number of nitrogens with zero attached hydrogens (tertiary/aromatic N) is 1. The molecule has 0 bridgehead atoms. The molecule has 106 valence electrons. The molecule has 0 unspecified atom stereocenters. The number of carboxylic acid groups (broad SMARTS) is 1. The Morgan fingerprint density at radius 1 is 0.950 bits per heavy atom. The number of benzene rings is 1. The fourth-order valence-corrected chi connectivity index (χ4v) is 3.51. The fourth-order valence-electron chi connectivity index (χ4n) is 3.51. The summed E-state index contributed by atoms with van der Waals surface area (Å²) >= 11 is 0. The Morgan fingerprint density at radius 2 is 1.45 bits per heavy atom. The van der Waals surface area contributed by atoms with Gasteiger partial charge >= 0.3 is 5.97 Å². The second-order valence-corrected chi connectivity index (χ2v) is 5.90. The maximum Gasteiger partial charge on any atom is 0.335 e. The summed E-state index contributed by atoms with van der Waals surface area (Å²) in [6.07, 6.45) is 5.06. The third-order valence-electron chi connectivity index (χ3n) is 4.64. The number of hydrogen-bond donors (Lipinski definition) is 1. The molecule has 1 saturated carbocycles. The number of rotatable bonds is 2. The number of carbonyl (C=O) groups excluding carboxylic acids is 1. The summed E-state index contributed by atoms with van der Waals surface area (Å²) in [5, 5.41) is 8.87. The van der Waals surface area contributed by atoms with Crippen molar-refractivity contribution < 1.29 is 14.7 Å². The summed E-state index contributed by atoms with van der Waals surface area (Å²) in [6.45, 7) is 1.73. The van der Waals surface area contributed by atoms with E-state index in [0.717, 1.165) is 13.1 Å². The fraction of sp³-hybridized carbons (Fsp3) is 0.500. The van der Waals surface area contributed by atoms with Gasteiger partial charge in [0, 0.05) is 18.7 Å². The highest BCUT2D eigenvalue weighted by atomic mass is 16.4. The highest BCUT2D eigenvalue weighted by molar-refractivity contribution is 5.96. The first-order valence-corrected chi connectivity index (χ1v) is 7.28. The first-order chi connectivity index (χ1) is 9.65. The van der Waals surface area contributed by atoms with Gasteiger partial charge in [-0.05, 0) is 48.9 Å². The SMILES string of the molecule is O=C(O)c1ccc(C(=O)N2C[C@@H]3CCCC[C@H]3C2)cc1. The van der Waals surface area contributed by atoms with Crippen LogP contribution >= 0.6 is 0 Å². The smallest absolute Gasteiger partial charge is 0.335 e. The van der Waals surface area contributed by atoms with Crippen LogP contribution in [0.3, 0.4) is 0 Å². The van der Waals surface area contributed by atoms with E-state index in [1.165, 1.54) is 37.8 Å². The molecule has 1 aliphatic heterocycles. The predicted molar refractivity (Wildman–Crippen MR) is 74.8 cm³/mol. The molecule has 2 aliphatic rings. The minimum Gasteiger partial charge on any atom is -0.478 e. The molecule has 3 rings (SSSR count). The normalized spacial score (nSPS) is 25.3. The van der Waals surface area contributed by atoms with Crippen LogP contribution in [0.15, 0.2) is 24.3 Å². The average Bonchev–Trinajstić information content (AvgIpc) is 2.90. The van der Waals surface area contributed by atoms with E-state index in [-0.39, 0.29) is 11.5 Å². The van der Waals surface area contributed by atoms with Crippen LogP contribution in [0.5, 0.6) is 0 Å². The van der Waals surface area contributed by atoms with E-state index in [9.17, 15) is 9.59 Å². The van der Waals surface area contributed by atoms with E-state index in [2.05, 4.69) is 0 Å². The van der Waals surface area contributed by atoms with Crippen molar-refractivity contribution in [1.29, 1.82) is 0 Å². The Bertz CT molecular complexity index is 509. The molecule has 4 heteroatoms. The summed E-state index contributed by atoms with van der Waals surface area (Å²) in [4.78, 5) is 25.2. The van der Waals surface area contributed by atoms with Crippen molar-refractivity contribution in [3.63, 3.8) is 0 Å². The van der Waals surface area contributed by atoms with Gasteiger partial charge in [-0.25, -0.2) is 4.79 Å². The monoisotopic (exact) mass is 273 g/mol. The molecule has 0 spiro atoms. The van der Waals surface area contributed by atoms with Crippen LogP contribution in [0.2, 0.25) is 0 Å². The molecule has 1 amide bonds. The molecule has 1 saturated heterocycles. The zero-order chi connectivity index (χ0) is 14.1. The van der Waals surface area contributed by atoms with E-state index in [4.69, 9.17) is 5.11 Å². The number of amides is 1.